The first-order chi connectivity index (χ1) is 11.7. The molecule has 2 aromatic rings. The average Bonchev–Trinajstić information content (AvgIpc) is 2.51. The molecule has 2 rings (SSSR count). The quantitative estimate of drug-likeness (QED) is 0.827. The van der Waals surface area contributed by atoms with Gasteiger partial charge in [-0.2, -0.15) is 0 Å². The van der Waals surface area contributed by atoms with Crippen LogP contribution in [0.2, 0.25) is 5.02 Å². The van der Waals surface area contributed by atoms with E-state index in [9.17, 15) is 17.6 Å². The fraction of sp³-hybridized carbons (Fsp3) is 0.235. The van der Waals surface area contributed by atoms with Crippen LogP contribution < -0.4 is 9.62 Å². The zero-order chi connectivity index (χ0) is 18.6. The summed E-state index contributed by atoms with van der Waals surface area (Å²) >= 11 is 5.67. The number of carbonyl (C=O) groups excluding carboxylic acids is 1. The number of para-hydroxylation sites is 1. The van der Waals surface area contributed by atoms with E-state index in [1.165, 1.54) is 16.4 Å². The number of hydrogen-bond acceptors (Lipinski definition) is 3. The largest absolute Gasteiger partial charge is 0.326 e. The van der Waals surface area contributed by atoms with Gasteiger partial charge in [-0.3, -0.25) is 9.10 Å². The van der Waals surface area contributed by atoms with Gasteiger partial charge in [0, 0.05) is 18.7 Å². The van der Waals surface area contributed by atoms with Crippen LogP contribution in [0.1, 0.15) is 12.0 Å². The number of amides is 1. The first kappa shape index (κ1) is 19.2. The van der Waals surface area contributed by atoms with Crippen molar-refractivity contribution in [1.82, 2.24) is 0 Å². The van der Waals surface area contributed by atoms with E-state index < -0.39 is 21.7 Å². The zero-order valence-electron chi connectivity index (χ0n) is 13.8. The second-order valence-corrected chi connectivity index (χ2v) is 7.86. The zero-order valence-corrected chi connectivity index (χ0v) is 15.4. The number of carbonyl (C=O) groups is 1. The number of aryl methyl sites for hydroxylation is 1. The molecule has 0 atom stereocenters. The van der Waals surface area contributed by atoms with Gasteiger partial charge in [-0.1, -0.05) is 29.8 Å². The molecule has 1 N–H and O–H groups in total. The molecule has 0 bridgehead atoms. The summed E-state index contributed by atoms with van der Waals surface area (Å²) in [7, 11) is -3.54. The van der Waals surface area contributed by atoms with Gasteiger partial charge in [0.25, 0.3) is 0 Å². The maximum Gasteiger partial charge on any atom is 0.232 e. The standard InChI is InChI=1S/C17H18ClFN2O3S/c1-12-5-3-4-6-16(12)21(25(2,23)24)10-9-17(22)20-13-7-8-15(19)14(18)11-13/h3-8,11H,9-10H2,1-2H3,(H,20,22). The van der Waals surface area contributed by atoms with Crippen LogP contribution in [-0.4, -0.2) is 27.1 Å². The van der Waals surface area contributed by atoms with Crippen LogP contribution in [0.5, 0.6) is 0 Å². The van der Waals surface area contributed by atoms with Gasteiger partial charge in [0.05, 0.1) is 17.0 Å². The summed E-state index contributed by atoms with van der Waals surface area (Å²) in [6.45, 7) is 1.79. The predicted molar refractivity (Wildman–Crippen MR) is 98.0 cm³/mol. The highest BCUT2D eigenvalue weighted by molar-refractivity contribution is 7.92. The fourth-order valence-corrected chi connectivity index (χ4v) is 3.47. The molecule has 0 saturated heterocycles. The second kappa shape index (κ2) is 7.84. The maximum absolute atomic E-state index is 13.1. The molecule has 0 radical (unpaired) electrons. The Morgan fingerprint density at radius 3 is 2.52 bits per heavy atom. The number of sulfonamides is 1. The van der Waals surface area contributed by atoms with Crippen LogP contribution in [0.15, 0.2) is 42.5 Å². The molecule has 1 amide bonds. The lowest BCUT2D eigenvalue weighted by molar-refractivity contribution is -0.116. The Morgan fingerprint density at radius 1 is 1.24 bits per heavy atom. The number of rotatable bonds is 6. The SMILES string of the molecule is Cc1ccccc1N(CCC(=O)Nc1ccc(F)c(Cl)c1)S(C)(=O)=O. The molecule has 0 aliphatic carbocycles. The Balaban J connectivity index is 2.09. The van der Waals surface area contributed by atoms with Gasteiger partial charge < -0.3 is 5.32 Å². The summed E-state index contributed by atoms with van der Waals surface area (Å²) in [5.41, 5.74) is 1.67. The lowest BCUT2D eigenvalue weighted by atomic mass is 10.2. The van der Waals surface area contributed by atoms with Crippen LogP contribution >= 0.6 is 11.6 Å². The lowest BCUT2D eigenvalue weighted by Crippen LogP contribution is -2.33. The number of nitrogens with zero attached hydrogens (tertiary/aromatic N) is 1. The van der Waals surface area contributed by atoms with Crippen molar-refractivity contribution in [3.05, 3.63) is 58.9 Å². The van der Waals surface area contributed by atoms with Gasteiger partial charge in [-0.05, 0) is 36.8 Å². The van der Waals surface area contributed by atoms with Gasteiger partial charge in [0.15, 0.2) is 0 Å². The van der Waals surface area contributed by atoms with Crippen molar-refractivity contribution in [2.45, 2.75) is 13.3 Å². The van der Waals surface area contributed by atoms with Crippen LogP contribution in [0.25, 0.3) is 0 Å². The predicted octanol–water partition coefficient (Wildman–Crippen LogP) is 3.58. The van der Waals surface area contributed by atoms with E-state index in [4.69, 9.17) is 11.6 Å². The van der Waals surface area contributed by atoms with Crippen LogP contribution in [0.4, 0.5) is 15.8 Å². The summed E-state index contributed by atoms with van der Waals surface area (Å²) < 4.78 is 38.5. The molecular formula is C17H18ClFN2O3S. The molecule has 0 unspecified atom stereocenters. The fourth-order valence-electron chi connectivity index (χ4n) is 2.31. The van der Waals surface area contributed by atoms with Crippen molar-refractivity contribution in [2.75, 3.05) is 22.4 Å². The van der Waals surface area contributed by atoms with Gasteiger partial charge in [-0.25, -0.2) is 12.8 Å². The second-order valence-electron chi connectivity index (χ2n) is 5.55. The number of nitrogens with one attached hydrogen (secondary N) is 1. The van der Waals surface area contributed by atoms with Crippen LogP contribution in [0, 0.1) is 12.7 Å². The van der Waals surface area contributed by atoms with Crippen molar-refractivity contribution < 1.29 is 17.6 Å². The highest BCUT2D eigenvalue weighted by Crippen LogP contribution is 2.23. The normalized spacial score (nSPS) is 11.2. The third-order valence-corrected chi connectivity index (χ3v) is 5.00. The van der Waals surface area contributed by atoms with Crippen LogP contribution in [-0.2, 0) is 14.8 Å². The van der Waals surface area contributed by atoms with E-state index in [1.807, 2.05) is 6.07 Å². The van der Waals surface area contributed by atoms with E-state index in [2.05, 4.69) is 5.32 Å². The van der Waals surface area contributed by atoms with Gasteiger partial charge in [0.1, 0.15) is 5.82 Å². The Morgan fingerprint density at radius 2 is 1.92 bits per heavy atom. The van der Waals surface area contributed by atoms with Crippen molar-refractivity contribution in [1.29, 1.82) is 0 Å². The molecule has 0 fully saturated rings. The number of benzene rings is 2. The van der Waals surface area contributed by atoms with Crippen LogP contribution in [0.3, 0.4) is 0 Å². The molecule has 134 valence electrons. The molecule has 0 saturated carbocycles. The Kier molecular flexibility index (Phi) is 6.02. The van der Waals surface area contributed by atoms with Crippen molar-refractivity contribution >= 4 is 38.9 Å². The molecule has 25 heavy (non-hydrogen) atoms. The molecule has 5 nitrogen and oxygen atoms in total. The third-order valence-electron chi connectivity index (χ3n) is 3.53. The molecule has 0 aliphatic heterocycles. The topological polar surface area (TPSA) is 66.5 Å². The maximum atomic E-state index is 13.1. The number of halogens is 2. The van der Waals surface area contributed by atoms with E-state index in [1.54, 1.807) is 25.1 Å². The molecular weight excluding hydrogens is 367 g/mol. The summed E-state index contributed by atoms with van der Waals surface area (Å²) in [5.74, 6) is -0.979. The number of anilines is 2. The smallest absolute Gasteiger partial charge is 0.232 e. The van der Waals surface area contributed by atoms with Crippen molar-refractivity contribution in [3.8, 4) is 0 Å². The summed E-state index contributed by atoms with van der Waals surface area (Å²) in [4.78, 5) is 12.1. The molecule has 8 heteroatoms. The highest BCUT2D eigenvalue weighted by atomic mass is 35.5. The van der Waals surface area contributed by atoms with Gasteiger partial charge in [0.2, 0.25) is 15.9 Å². The monoisotopic (exact) mass is 384 g/mol. The van der Waals surface area contributed by atoms with E-state index in [-0.39, 0.29) is 18.0 Å². The first-order valence-electron chi connectivity index (χ1n) is 7.47. The molecule has 0 aromatic heterocycles. The Bertz CT molecular complexity index is 887. The molecule has 0 heterocycles. The molecule has 0 spiro atoms. The highest BCUT2D eigenvalue weighted by Gasteiger charge is 2.20. The summed E-state index contributed by atoms with van der Waals surface area (Å²) in [6.07, 6.45) is 1.04. The molecule has 2 aromatic carbocycles. The summed E-state index contributed by atoms with van der Waals surface area (Å²) in [6, 6.07) is 10.9. The van der Waals surface area contributed by atoms with Crippen molar-refractivity contribution in [3.63, 3.8) is 0 Å². The Labute approximate surface area is 151 Å². The minimum atomic E-state index is -3.54. The minimum Gasteiger partial charge on any atom is -0.326 e. The van der Waals surface area contributed by atoms with Crippen molar-refractivity contribution in [2.24, 2.45) is 0 Å². The Hall–Kier alpha value is -2.12. The van der Waals surface area contributed by atoms with E-state index in [0.717, 1.165) is 17.9 Å². The third kappa shape index (κ3) is 5.17. The first-order valence-corrected chi connectivity index (χ1v) is 9.69. The average molecular weight is 385 g/mol. The summed E-state index contributed by atoms with van der Waals surface area (Å²) in [5, 5.41) is 2.47. The van der Waals surface area contributed by atoms with Gasteiger partial charge >= 0.3 is 0 Å². The van der Waals surface area contributed by atoms with E-state index >= 15 is 0 Å². The number of hydrogen-bond donors (Lipinski definition) is 1. The molecule has 0 aliphatic rings. The minimum absolute atomic E-state index is 0.00948. The lowest BCUT2D eigenvalue weighted by Gasteiger charge is -2.23. The van der Waals surface area contributed by atoms with E-state index in [0.29, 0.717) is 11.4 Å². The van der Waals surface area contributed by atoms with Gasteiger partial charge in [-0.15, -0.1) is 0 Å².